The number of nitrogens with one attached hydrogen (secondary N) is 1. The maximum absolute atomic E-state index is 5.75. The van der Waals surface area contributed by atoms with E-state index in [0.29, 0.717) is 0 Å². The van der Waals surface area contributed by atoms with Crippen molar-refractivity contribution in [2.75, 3.05) is 0 Å². The van der Waals surface area contributed by atoms with E-state index in [1.165, 1.54) is 11.3 Å². The van der Waals surface area contributed by atoms with Gasteiger partial charge in [0.2, 0.25) is 0 Å². The number of hydrazine groups is 1. The molecule has 0 saturated heterocycles. The van der Waals surface area contributed by atoms with E-state index in [4.69, 9.17) is 5.84 Å². The molecule has 2 aromatic rings. The summed E-state index contributed by atoms with van der Waals surface area (Å²) in [5.41, 5.74) is 6.39. The molecule has 2 rings (SSSR count). The van der Waals surface area contributed by atoms with E-state index in [9.17, 15) is 0 Å². The van der Waals surface area contributed by atoms with E-state index >= 15 is 0 Å². The third kappa shape index (κ3) is 4.16. The second-order valence-electron chi connectivity index (χ2n) is 5.06. The molecule has 0 bridgehead atoms. The minimum atomic E-state index is 0.164. The van der Waals surface area contributed by atoms with Crippen molar-refractivity contribution in [1.82, 2.24) is 15.2 Å². The van der Waals surface area contributed by atoms with Crippen LogP contribution >= 0.6 is 31.9 Å². The molecule has 1 aromatic heterocycles. The fourth-order valence-corrected chi connectivity index (χ4v) is 3.33. The van der Waals surface area contributed by atoms with Gasteiger partial charge in [0.15, 0.2) is 0 Å². The molecule has 0 spiro atoms. The topological polar surface area (TPSA) is 55.9 Å². The minimum absolute atomic E-state index is 0.164. The van der Waals surface area contributed by atoms with Crippen LogP contribution in [0.15, 0.2) is 33.2 Å². The first kappa shape index (κ1) is 16.7. The Balaban J connectivity index is 2.16. The number of aromatic nitrogens is 2. The normalized spacial score (nSPS) is 12.6. The van der Waals surface area contributed by atoms with Crippen molar-refractivity contribution < 1.29 is 0 Å². The molecule has 0 aliphatic heterocycles. The average Bonchev–Trinajstić information content (AvgIpc) is 2.74. The van der Waals surface area contributed by atoms with Crippen LogP contribution in [0, 0.1) is 6.92 Å². The van der Waals surface area contributed by atoms with Gasteiger partial charge in [-0.1, -0.05) is 28.1 Å². The van der Waals surface area contributed by atoms with Crippen molar-refractivity contribution in [3.05, 3.63) is 50.2 Å². The van der Waals surface area contributed by atoms with Gasteiger partial charge in [0.1, 0.15) is 0 Å². The van der Waals surface area contributed by atoms with Gasteiger partial charge < -0.3 is 0 Å². The van der Waals surface area contributed by atoms with Crippen molar-refractivity contribution in [3.63, 3.8) is 0 Å². The first-order valence-corrected chi connectivity index (χ1v) is 8.56. The molecule has 0 aliphatic rings. The highest BCUT2D eigenvalue weighted by Gasteiger charge is 2.17. The highest BCUT2D eigenvalue weighted by molar-refractivity contribution is 9.10. The smallest absolute Gasteiger partial charge is 0.0738 e. The van der Waals surface area contributed by atoms with Gasteiger partial charge in [-0.25, -0.2) is 0 Å². The van der Waals surface area contributed by atoms with Crippen molar-refractivity contribution in [2.24, 2.45) is 5.84 Å². The Bertz CT molecular complexity index is 610. The molecule has 0 saturated carbocycles. The summed E-state index contributed by atoms with van der Waals surface area (Å²) in [5.74, 6) is 5.75. The van der Waals surface area contributed by atoms with E-state index in [-0.39, 0.29) is 6.04 Å². The fourth-order valence-electron chi connectivity index (χ4n) is 2.44. The lowest BCUT2D eigenvalue weighted by molar-refractivity contribution is 0.495. The van der Waals surface area contributed by atoms with E-state index < -0.39 is 0 Å². The zero-order valence-electron chi connectivity index (χ0n) is 12.2. The maximum atomic E-state index is 5.75. The number of rotatable bonds is 6. The number of nitrogens with zero attached hydrogens (tertiary/aromatic N) is 2. The van der Waals surface area contributed by atoms with Crippen LogP contribution in [-0.2, 0) is 19.4 Å². The van der Waals surface area contributed by atoms with Gasteiger partial charge >= 0.3 is 0 Å². The lowest BCUT2D eigenvalue weighted by Gasteiger charge is -2.17. The molecule has 3 N–H and O–H groups in total. The van der Waals surface area contributed by atoms with Gasteiger partial charge in [0.05, 0.1) is 15.9 Å². The Morgan fingerprint density at radius 2 is 2.10 bits per heavy atom. The van der Waals surface area contributed by atoms with Crippen molar-refractivity contribution >= 4 is 31.9 Å². The number of hydrogen-bond acceptors (Lipinski definition) is 3. The van der Waals surface area contributed by atoms with Crippen LogP contribution in [0.25, 0.3) is 0 Å². The molecular formula is C15H20Br2N4. The van der Waals surface area contributed by atoms with E-state index in [1.807, 2.05) is 23.7 Å². The summed E-state index contributed by atoms with van der Waals surface area (Å²) in [4.78, 5) is 0. The van der Waals surface area contributed by atoms with E-state index in [2.05, 4.69) is 61.4 Å². The summed E-state index contributed by atoms with van der Waals surface area (Å²) >= 11 is 7.14. The van der Waals surface area contributed by atoms with Crippen LogP contribution in [0.4, 0.5) is 0 Å². The molecule has 1 unspecified atom stereocenters. The second-order valence-corrected chi connectivity index (χ2v) is 6.77. The van der Waals surface area contributed by atoms with Gasteiger partial charge in [0.25, 0.3) is 0 Å². The van der Waals surface area contributed by atoms with Crippen LogP contribution in [0.1, 0.15) is 23.9 Å². The molecule has 4 nitrogen and oxygen atoms in total. The van der Waals surface area contributed by atoms with Crippen molar-refractivity contribution in [2.45, 2.75) is 39.3 Å². The van der Waals surface area contributed by atoms with Gasteiger partial charge in [-0.15, -0.1) is 0 Å². The van der Waals surface area contributed by atoms with Crippen molar-refractivity contribution in [3.8, 4) is 0 Å². The van der Waals surface area contributed by atoms with Crippen molar-refractivity contribution in [1.29, 1.82) is 0 Å². The maximum Gasteiger partial charge on any atom is 0.0738 e. The number of benzene rings is 1. The van der Waals surface area contributed by atoms with Crippen LogP contribution in [-0.4, -0.2) is 15.8 Å². The van der Waals surface area contributed by atoms with Gasteiger partial charge in [-0.3, -0.25) is 16.0 Å². The summed E-state index contributed by atoms with van der Waals surface area (Å²) < 4.78 is 4.20. The minimum Gasteiger partial charge on any atom is -0.271 e. The lowest BCUT2D eigenvalue weighted by Crippen LogP contribution is -2.39. The summed E-state index contributed by atoms with van der Waals surface area (Å²) in [6.07, 6.45) is 1.70. The van der Waals surface area contributed by atoms with E-state index in [0.717, 1.165) is 34.0 Å². The predicted octanol–water partition coefficient (Wildman–Crippen LogP) is 3.35. The quantitative estimate of drug-likeness (QED) is 0.561. The molecule has 0 radical (unpaired) electrons. The number of aryl methyl sites for hydroxylation is 2. The summed E-state index contributed by atoms with van der Waals surface area (Å²) in [5, 5.41) is 4.53. The van der Waals surface area contributed by atoms with Gasteiger partial charge in [0, 0.05) is 23.5 Å². The summed E-state index contributed by atoms with van der Waals surface area (Å²) in [7, 11) is 0. The number of hydrogen-bond donors (Lipinski definition) is 2. The number of nitrogens with two attached hydrogens (primary N) is 1. The molecule has 0 fully saturated rings. The molecule has 114 valence electrons. The Hall–Kier alpha value is -0.690. The third-order valence-corrected chi connectivity index (χ3v) is 5.02. The first-order chi connectivity index (χ1) is 10.0. The van der Waals surface area contributed by atoms with Crippen LogP contribution in [0.5, 0.6) is 0 Å². The van der Waals surface area contributed by atoms with E-state index in [1.54, 1.807) is 0 Å². The zero-order chi connectivity index (χ0) is 15.4. The van der Waals surface area contributed by atoms with Crippen LogP contribution < -0.4 is 11.3 Å². The molecule has 0 aliphatic carbocycles. The Labute approximate surface area is 142 Å². The molecule has 21 heavy (non-hydrogen) atoms. The highest BCUT2D eigenvalue weighted by Crippen LogP contribution is 2.23. The standard InChI is InChI=1S/C15H20Br2N4/c1-3-21-14(15(17)10(2)20-21)9-13(19-18)8-11-5-4-6-12(16)7-11/h4-7,13,19H,3,8-9,18H2,1-2H3. The van der Waals surface area contributed by atoms with Gasteiger partial charge in [-0.05, 0) is 53.9 Å². The lowest BCUT2D eigenvalue weighted by atomic mass is 10.0. The monoisotopic (exact) mass is 414 g/mol. The Morgan fingerprint density at radius 3 is 2.71 bits per heavy atom. The average molecular weight is 416 g/mol. The van der Waals surface area contributed by atoms with Crippen LogP contribution in [0.3, 0.4) is 0 Å². The molecule has 1 heterocycles. The van der Waals surface area contributed by atoms with Crippen LogP contribution in [0.2, 0.25) is 0 Å². The second kappa shape index (κ2) is 7.54. The van der Waals surface area contributed by atoms with Gasteiger partial charge in [-0.2, -0.15) is 5.10 Å². The molecule has 1 aromatic carbocycles. The SMILES string of the molecule is CCn1nc(C)c(Br)c1CC(Cc1cccc(Br)c1)NN. The highest BCUT2D eigenvalue weighted by atomic mass is 79.9. The summed E-state index contributed by atoms with van der Waals surface area (Å²) in [6, 6.07) is 8.48. The largest absolute Gasteiger partial charge is 0.271 e. The Kier molecular flexibility index (Phi) is 5.98. The fraction of sp³-hybridized carbons (Fsp3) is 0.400. The Morgan fingerprint density at radius 1 is 1.33 bits per heavy atom. The molecular weight excluding hydrogens is 396 g/mol. The molecule has 6 heteroatoms. The molecule has 0 amide bonds. The molecule has 1 atom stereocenters. The summed E-state index contributed by atoms with van der Waals surface area (Å²) in [6.45, 7) is 4.97. The predicted molar refractivity (Wildman–Crippen MR) is 93.0 cm³/mol. The first-order valence-electron chi connectivity index (χ1n) is 6.97. The third-order valence-electron chi connectivity index (χ3n) is 3.50. The number of halogens is 2. The zero-order valence-corrected chi connectivity index (χ0v) is 15.4.